The second-order valence-corrected chi connectivity index (χ2v) is 3.86. The van der Waals surface area contributed by atoms with E-state index < -0.39 is 5.82 Å². The molecule has 0 bridgehead atoms. The van der Waals surface area contributed by atoms with Crippen LogP contribution in [0.3, 0.4) is 0 Å². The molecular weight excluding hydrogens is 249 g/mol. The summed E-state index contributed by atoms with van der Waals surface area (Å²) in [5.74, 6) is -0.559. The van der Waals surface area contributed by atoms with Crippen molar-refractivity contribution < 1.29 is 9.18 Å². The van der Waals surface area contributed by atoms with Gasteiger partial charge in [0.15, 0.2) is 0 Å². The first kappa shape index (κ1) is 13.0. The summed E-state index contributed by atoms with van der Waals surface area (Å²) in [6, 6.07) is 1.16. The fraction of sp³-hybridized carbons (Fsp3) is 0.250. The summed E-state index contributed by atoms with van der Waals surface area (Å²) in [6.07, 6.45) is 6.19. The Kier molecular flexibility index (Phi) is 4.07. The number of anilines is 1. The normalized spacial score (nSPS) is 10.2. The minimum atomic E-state index is -0.543. The molecule has 0 saturated carbocycles. The molecule has 0 aliphatic heterocycles. The first-order valence-electron chi connectivity index (χ1n) is 5.78. The minimum Gasteiger partial charge on any atom is -0.372 e. The van der Waals surface area contributed by atoms with Crippen LogP contribution in [0.1, 0.15) is 10.4 Å². The zero-order chi connectivity index (χ0) is 13.7. The quantitative estimate of drug-likeness (QED) is 0.840. The number of hydrogen-bond donors (Lipinski definition) is 2. The Hall–Kier alpha value is -2.44. The molecule has 0 fully saturated rings. The van der Waals surface area contributed by atoms with Crippen molar-refractivity contribution >= 4 is 11.7 Å². The Bertz CT molecular complexity index is 555. The Labute approximate surface area is 109 Å². The zero-order valence-corrected chi connectivity index (χ0v) is 10.4. The first-order valence-corrected chi connectivity index (χ1v) is 5.78. The average Bonchev–Trinajstić information content (AvgIpc) is 2.91. The Morgan fingerprint density at radius 2 is 2.37 bits per heavy atom. The predicted octanol–water partition coefficient (Wildman–Crippen LogP) is 0.889. The molecule has 6 nitrogen and oxygen atoms in total. The maximum absolute atomic E-state index is 13.1. The summed E-state index contributed by atoms with van der Waals surface area (Å²) >= 11 is 0. The Morgan fingerprint density at radius 3 is 3.05 bits per heavy atom. The van der Waals surface area contributed by atoms with Gasteiger partial charge in [-0.3, -0.25) is 4.79 Å². The average molecular weight is 263 g/mol. The maximum Gasteiger partial charge on any atom is 0.255 e. The number of nitrogens with zero attached hydrogens (tertiary/aromatic N) is 3. The van der Waals surface area contributed by atoms with Gasteiger partial charge in [0.2, 0.25) is 0 Å². The monoisotopic (exact) mass is 263 g/mol. The van der Waals surface area contributed by atoms with Gasteiger partial charge in [-0.1, -0.05) is 0 Å². The van der Waals surface area contributed by atoms with Crippen LogP contribution in [-0.2, 0) is 6.54 Å². The van der Waals surface area contributed by atoms with Crippen molar-refractivity contribution in [2.75, 3.05) is 18.9 Å². The number of halogens is 1. The molecule has 1 amide bonds. The second kappa shape index (κ2) is 5.94. The van der Waals surface area contributed by atoms with Gasteiger partial charge >= 0.3 is 0 Å². The second-order valence-electron chi connectivity index (χ2n) is 3.86. The summed E-state index contributed by atoms with van der Waals surface area (Å²) in [7, 11) is 1.63. The lowest BCUT2D eigenvalue weighted by atomic mass is 10.2. The number of aromatic nitrogens is 3. The van der Waals surface area contributed by atoms with E-state index in [1.807, 2.05) is 4.57 Å². The Morgan fingerprint density at radius 1 is 1.53 bits per heavy atom. The molecule has 2 aromatic heterocycles. The number of carbonyl (C=O) groups is 1. The highest BCUT2D eigenvalue weighted by Gasteiger charge is 2.12. The highest BCUT2D eigenvalue weighted by atomic mass is 19.1. The van der Waals surface area contributed by atoms with Crippen LogP contribution >= 0.6 is 0 Å². The van der Waals surface area contributed by atoms with Gasteiger partial charge < -0.3 is 15.2 Å². The summed E-state index contributed by atoms with van der Waals surface area (Å²) in [5.41, 5.74) is 0.188. The molecule has 0 aromatic carbocycles. The van der Waals surface area contributed by atoms with E-state index in [1.54, 1.807) is 25.8 Å². The molecule has 0 spiro atoms. The molecule has 2 aromatic rings. The summed E-state index contributed by atoms with van der Waals surface area (Å²) < 4.78 is 14.9. The zero-order valence-electron chi connectivity index (χ0n) is 10.4. The van der Waals surface area contributed by atoms with Gasteiger partial charge in [-0.05, 0) is 6.07 Å². The number of nitrogens with one attached hydrogen (secondary N) is 2. The van der Waals surface area contributed by atoms with Gasteiger partial charge in [0.25, 0.3) is 5.91 Å². The van der Waals surface area contributed by atoms with Crippen molar-refractivity contribution in [2.45, 2.75) is 6.54 Å². The summed E-state index contributed by atoms with van der Waals surface area (Å²) in [4.78, 5) is 19.6. The summed E-state index contributed by atoms with van der Waals surface area (Å²) in [5, 5.41) is 5.46. The van der Waals surface area contributed by atoms with E-state index in [9.17, 15) is 9.18 Å². The molecule has 0 aliphatic carbocycles. The molecule has 7 heteroatoms. The van der Waals surface area contributed by atoms with E-state index in [0.29, 0.717) is 18.9 Å². The molecule has 0 saturated heterocycles. The van der Waals surface area contributed by atoms with Crippen LogP contribution in [0.25, 0.3) is 0 Å². The van der Waals surface area contributed by atoms with Crippen LogP contribution in [0.5, 0.6) is 0 Å². The fourth-order valence-electron chi connectivity index (χ4n) is 1.62. The minimum absolute atomic E-state index is 0.188. The molecule has 2 rings (SSSR count). The van der Waals surface area contributed by atoms with Crippen LogP contribution in [0.2, 0.25) is 0 Å². The van der Waals surface area contributed by atoms with Crippen LogP contribution < -0.4 is 10.6 Å². The lowest BCUT2D eigenvalue weighted by Crippen LogP contribution is -2.28. The van der Waals surface area contributed by atoms with Gasteiger partial charge in [0, 0.05) is 32.5 Å². The lowest BCUT2D eigenvalue weighted by molar-refractivity contribution is 0.0952. The predicted molar refractivity (Wildman–Crippen MR) is 68.3 cm³/mol. The molecule has 0 aliphatic rings. The van der Waals surface area contributed by atoms with E-state index in [4.69, 9.17) is 0 Å². The highest BCUT2D eigenvalue weighted by molar-refractivity contribution is 5.98. The number of rotatable bonds is 5. The molecule has 0 radical (unpaired) electrons. The molecular formula is C12H14FN5O. The van der Waals surface area contributed by atoms with E-state index in [2.05, 4.69) is 20.6 Å². The van der Waals surface area contributed by atoms with E-state index >= 15 is 0 Å². The molecule has 19 heavy (non-hydrogen) atoms. The number of amides is 1. The molecule has 2 N–H and O–H groups in total. The van der Waals surface area contributed by atoms with E-state index in [0.717, 1.165) is 12.3 Å². The smallest absolute Gasteiger partial charge is 0.255 e. The van der Waals surface area contributed by atoms with Gasteiger partial charge in [-0.15, -0.1) is 0 Å². The van der Waals surface area contributed by atoms with E-state index in [1.165, 1.54) is 0 Å². The van der Waals surface area contributed by atoms with Crippen LogP contribution in [0, 0.1) is 5.82 Å². The van der Waals surface area contributed by atoms with Crippen LogP contribution in [-0.4, -0.2) is 34.0 Å². The third-order valence-corrected chi connectivity index (χ3v) is 2.55. The van der Waals surface area contributed by atoms with Crippen molar-refractivity contribution in [2.24, 2.45) is 0 Å². The lowest BCUT2D eigenvalue weighted by Gasteiger charge is -2.09. The number of pyridine rings is 1. The van der Waals surface area contributed by atoms with Crippen molar-refractivity contribution in [3.8, 4) is 0 Å². The maximum atomic E-state index is 13.1. The van der Waals surface area contributed by atoms with E-state index in [-0.39, 0.29) is 11.5 Å². The van der Waals surface area contributed by atoms with Crippen molar-refractivity contribution in [1.29, 1.82) is 0 Å². The first-order chi connectivity index (χ1) is 9.20. The number of hydrogen-bond acceptors (Lipinski definition) is 4. The molecule has 100 valence electrons. The summed E-state index contributed by atoms with van der Waals surface area (Å²) in [6.45, 7) is 1.03. The largest absolute Gasteiger partial charge is 0.372 e. The van der Waals surface area contributed by atoms with Crippen molar-refractivity contribution in [3.63, 3.8) is 0 Å². The molecule has 2 heterocycles. The topological polar surface area (TPSA) is 71.8 Å². The third kappa shape index (κ3) is 3.27. The molecule has 0 atom stereocenters. The Balaban J connectivity index is 1.97. The highest BCUT2D eigenvalue weighted by Crippen LogP contribution is 2.12. The van der Waals surface area contributed by atoms with Gasteiger partial charge in [0.05, 0.1) is 18.1 Å². The fourth-order valence-corrected chi connectivity index (χ4v) is 1.62. The number of carbonyl (C=O) groups excluding carboxylic acids is 1. The van der Waals surface area contributed by atoms with Crippen molar-refractivity contribution in [3.05, 3.63) is 42.4 Å². The third-order valence-electron chi connectivity index (χ3n) is 2.55. The molecule has 0 unspecified atom stereocenters. The van der Waals surface area contributed by atoms with Crippen LogP contribution in [0.4, 0.5) is 10.2 Å². The standard InChI is InChI=1S/C12H14FN5O/c1-14-11-10(6-9(13)7-17-11)12(19)16-3-5-18-4-2-15-8-18/h2,4,6-8H,3,5H2,1H3,(H,14,17)(H,16,19). The van der Waals surface area contributed by atoms with Gasteiger partial charge in [-0.25, -0.2) is 14.4 Å². The van der Waals surface area contributed by atoms with Crippen molar-refractivity contribution in [1.82, 2.24) is 19.9 Å². The SMILES string of the molecule is CNc1ncc(F)cc1C(=O)NCCn1ccnc1. The van der Waals surface area contributed by atoms with Gasteiger partial charge in [0.1, 0.15) is 11.6 Å². The van der Waals surface area contributed by atoms with Gasteiger partial charge in [-0.2, -0.15) is 0 Å². The van der Waals surface area contributed by atoms with Crippen LogP contribution in [0.15, 0.2) is 31.0 Å². The number of imidazole rings is 1.